The summed E-state index contributed by atoms with van der Waals surface area (Å²) in [5.41, 5.74) is 3.48. The second-order valence-electron chi connectivity index (χ2n) is 10.8. The van der Waals surface area contributed by atoms with Crippen LogP contribution in [0.15, 0.2) is 48.5 Å². The number of aliphatic hydroxyl groups is 1. The van der Waals surface area contributed by atoms with E-state index in [0.29, 0.717) is 29.1 Å². The second-order valence-corrected chi connectivity index (χ2v) is 10.8. The monoisotopic (exact) mass is 458 g/mol. The van der Waals surface area contributed by atoms with Crippen LogP contribution in [0.4, 0.5) is 0 Å². The number of aryl methyl sites for hydroxylation is 1. The fraction of sp³-hybridized carbons (Fsp3) is 0.467. The van der Waals surface area contributed by atoms with E-state index in [1.54, 1.807) is 6.92 Å². The van der Waals surface area contributed by atoms with Crippen LogP contribution in [0.5, 0.6) is 5.75 Å². The summed E-state index contributed by atoms with van der Waals surface area (Å²) in [6.07, 6.45) is 10.1. The Balaban J connectivity index is 1.37. The van der Waals surface area contributed by atoms with Gasteiger partial charge in [-0.3, -0.25) is 9.59 Å². The number of fused-ring (bicyclic) bond motifs is 5. The van der Waals surface area contributed by atoms with E-state index < -0.39 is 5.60 Å². The number of ketones is 1. The molecule has 3 aliphatic rings. The van der Waals surface area contributed by atoms with Gasteiger partial charge in [-0.05, 0) is 92.0 Å². The zero-order valence-electron chi connectivity index (χ0n) is 20.3. The summed E-state index contributed by atoms with van der Waals surface area (Å²) in [7, 11) is 0. The van der Waals surface area contributed by atoms with Crippen molar-refractivity contribution in [2.75, 3.05) is 0 Å². The molecule has 0 spiro atoms. The van der Waals surface area contributed by atoms with Gasteiger partial charge in [0, 0.05) is 17.9 Å². The highest BCUT2D eigenvalue weighted by molar-refractivity contribution is 5.94. The minimum atomic E-state index is -0.818. The van der Waals surface area contributed by atoms with Crippen LogP contribution in [-0.2, 0) is 11.2 Å². The Morgan fingerprint density at radius 1 is 1.03 bits per heavy atom. The maximum Gasteiger partial charge on any atom is 0.308 e. The Kier molecular flexibility index (Phi) is 5.76. The van der Waals surface area contributed by atoms with Crippen molar-refractivity contribution < 1.29 is 19.4 Å². The molecular formula is C30H34O4. The van der Waals surface area contributed by atoms with E-state index >= 15 is 0 Å². The van der Waals surface area contributed by atoms with Crippen molar-refractivity contribution in [3.63, 3.8) is 0 Å². The molecule has 0 aromatic heterocycles. The van der Waals surface area contributed by atoms with Crippen molar-refractivity contribution in [3.8, 4) is 5.75 Å². The van der Waals surface area contributed by atoms with Crippen LogP contribution in [-0.4, -0.2) is 22.5 Å². The second kappa shape index (κ2) is 8.49. The summed E-state index contributed by atoms with van der Waals surface area (Å²) < 4.78 is 5.31. The van der Waals surface area contributed by atoms with Crippen LogP contribution in [0.2, 0.25) is 0 Å². The number of Topliss-reactive ketones (excluding diaryl/α,β-unsaturated/α-hetero) is 1. The lowest BCUT2D eigenvalue weighted by Gasteiger charge is -2.52. The molecule has 0 amide bonds. The van der Waals surface area contributed by atoms with Crippen molar-refractivity contribution in [2.45, 2.75) is 70.8 Å². The number of carbonyl (C=O) groups excluding carboxylic acids is 2. The Morgan fingerprint density at radius 3 is 2.50 bits per heavy atom. The molecule has 34 heavy (non-hydrogen) atoms. The first kappa shape index (κ1) is 23.0. The first-order valence-corrected chi connectivity index (χ1v) is 12.5. The van der Waals surface area contributed by atoms with Gasteiger partial charge in [0.25, 0.3) is 0 Å². The number of benzene rings is 2. The van der Waals surface area contributed by atoms with Gasteiger partial charge in [-0.15, -0.1) is 0 Å². The number of ether oxygens (including phenoxy) is 1. The maximum absolute atomic E-state index is 11.9. The third-order valence-electron chi connectivity index (χ3n) is 9.04. The lowest BCUT2D eigenvalue weighted by atomic mass is 9.53. The van der Waals surface area contributed by atoms with E-state index in [-0.39, 0.29) is 17.2 Å². The predicted molar refractivity (Wildman–Crippen MR) is 133 cm³/mol. The molecule has 0 radical (unpaired) electrons. The minimum Gasteiger partial charge on any atom is -0.427 e. The fourth-order valence-corrected chi connectivity index (χ4v) is 7.18. The van der Waals surface area contributed by atoms with Gasteiger partial charge >= 0.3 is 5.97 Å². The molecule has 1 N–H and O–H groups in total. The average Bonchev–Trinajstić information content (AvgIpc) is 3.08. The molecule has 4 heteroatoms. The molecular weight excluding hydrogens is 424 g/mol. The van der Waals surface area contributed by atoms with E-state index in [9.17, 15) is 14.7 Å². The summed E-state index contributed by atoms with van der Waals surface area (Å²) in [4.78, 5) is 22.9. The molecule has 0 aliphatic heterocycles. The Morgan fingerprint density at radius 2 is 1.79 bits per heavy atom. The summed E-state index contributed by atoms with van der Waals surface area (Å²) >= 11 is 0. The van der Waals surface area contributed by atoms with Crippen LogP contribution in [0.25, 0.3) is 6.08 Å². The third-order valence-corrected chi connectivity index (χ3v) is 9.04. The summed E-state index contributed by atoms with van der Waals surface area (Å²) in [5.74, 6) is 2.00. The van der Waals surface area contributed by atoms with E-state index in [0.717, 1.165) is 44.1 Å². The van der Waals surface area contributed by atoms with Gasteiger partial charge in [0.15, 0.2) is 5.78 Å². The third kappa shape index (κ3) is 3.82. The van der Waals surface area contributed by atoms with E-state index in [2.05, 4.69) is 13.0 Å². The van der Waals surface area contributed by atoms with Crippen LogP contribution < -0.4 is 4.74 Å². The van der Waals surface area contributed by atoms with Crippen LogP contribution >= 0.6 is 0 Å². The predicted octanol–water partition coefficient (Wildman–Crippen LogP) is 6.12. The van der Waals surface area contributed by atoms with Gasteiger partial charge in [-0.2, -0.15) is 0 Å². The number of carbonyl (C=O) groups is 2. The molecule has 0 unspecified atom stereocenters. The zero-order valence-corrected chi connectivity index (χ0v) is 20.3. The maximum atomic E-state index is 11.9. The highest BCUT2D eigenvalue weighted by atomic mass is 16.5. The first-order chi connectivity index (χ1) is 16.2. The molecule has 2 fully saturated rings. The summed E-state index contributed by atoms with van der Waals surface area (Å²) in [6, 6.07) is 13.7. The van der Waals surface area contributed by atoms with Gasteiger partial charge in [0.1, 0.15) is 5.75 Å². The van der Waals surface area contributed by atoms with E-state index in [4.69, 9.17) is 4.74 Å². The number of rotatable bonds is 4. The molecule has 0 bridgehead atoms. The van der Waals surface area contributed by atoms with Crippen molar-refractivity contribution in [3.05, 3.63) is 70.8 Å². The zero-order chi connectivity index (χ0) is 24.1. The Labute approximate surface area is 202 Å². The lowest BCUT2D eigenvalue weighted by molar-refractivity contribution is -0.131. The van der Waals surface area contributed by atoms with Crippen LogP contribution in [0.1, 0.15) is 85.8 Å². The largest absolute Gasteiger partial charge is 0.427 e. The van der Waals surface area contributed by atoms with Crippen molar-refractivity contribution in [1.82, 2.24) is 0 Å². The highest BCUT2D eigenvalue weighted by Gasteiger charge is 2.60. The van der Waals surface area contributed by atoms with Crippen molar-refractivity contribution in [1.29, 1.82) is 0 Å². The molecule has 2 aromatic rings. The molecule has 2 saturated carbocycles. The lowest BCUT2D eigenvalue weighted by Crippen LogP contribution is -2.49. The molecule has 5 atom stereocenters. The smallest absolute Gasteiger partial charge is 0.308 e. The quantitative estimate of drug-likeness (QED) is 0.341. The van der Waals surface area contributed by atoms with Crippen LogP contribution in [0.3, 0.4) is 0 Å². The van der Waals surface area contributed by atoms with Crippen molar-refractivity contribution in [2.24, 2.45) is 17.3 Å². The first-order valence-electron chi connectivity index (χ1n) is 12.5. The van der Waals surface area contributed by atoms with Gasteiger partial charge in [-0.1, -0.05) is 49.4 Å². The normalized spacial score (nSPS) is 32.1. The molecule has 0 saturated heterocycles. The summed E-state index contributed by atoms with van der Waals surface area (Å²) in [6.45, 7) is 5.31. The number of esters is 1. The van der Waals surface area contributed by atoms with Gasteiger partial charge in [-0.25, -0.2) is 0 Å². The SMILES string of the molecule is CC(=O)Oc1ccc2c(c1)CC[C@@H]1[C@@H]2CC[C@@]2(C)[C@H]1CC[C@@]2(O)/C=C/c1ccc(C(C)=O)cc1. The topological polar surface area (TPSA) is 63.6 Å². The Bertz CT molecular complexity index is 1150. The molecule has 5 rings (SSSR count). The molecule has 2 aromatic carbocycles. The number of hydrogen-bond acceptors (Lipinski definition) is 4. The summed E-state index contributed by atoms with van der Waals surface area (Å²) in [5, 5.41) is 11.9. The molecule has 0 heterocycles. The molecule has 3 aliphatic carbocycles. The Hall–Kier alpha value is -2.72. The van der Waals surface area contributed by atoms with Gasteiger partial charge in [0.2, 0.25) is 0 Å². The van der Waals surface area contributed by atoms with Crippen LogP contribution in [0, 0.1) is 17.3 Å². The number of hydrogen-bond donors (Lipinski definition) is 1. The van der Waals surface area contributed by atoms with Crippen molar-refractivity contribution >= 4 is 17.8 Å². The highest BCUT2D eigenvalue weighted by Crippen LogP contribution is 2.64. The average molecular weight is 459 g/mol. The molecule has 178 valence electrons. The molecule has 4 nitrogen and oxygen atoms in total. The van der Waals surface area contributed by atoms with Gasteiger partial charge in [0.05, 0.1) is 5.60 Å². The van der Waals surface area contributed by atoms with Gasteiger partial charge < -0.3 is 9.84 Å². The fourth-order valence-electron chi connectivity index (χ4n) is 7.18. The standard InChI is InChI=1S/C30H34O4/c1-19(31)22-6-4-21(5-7-22)12-16-30(33)17-14-28-27-10-8-23-18-24(34-20(2)32)9-11-25(23)26(27)13-15-29(28,30)3/h4-7,9,11-12,16,18,26-28,33H,8,10,13-15,17H2,1-3H3/b16-12+/t26-,27-,28+,29+,30+/m1/s1. The van der Waals surface area contributed by atoms with E-state index in [1.165, 1.54) is 18.1 Å². The van der Waals surface area contributed by atoms with E-state index in [1.807, 2.05) is 48.6 Å². The minimum absolute atomic E-state index is 0.0636.